The number of fused-ring (bicyclic) bond motifs is 3. The van der Waals surface area contributed by atoms with Crippen molar-refractivity contribution in [2.24, 2.45) is 0 Å². The molecule has 0 unspecified atom stereocenters. The second kappa shape index (κ2) is 23.0. The smallest absolute Gasteiger partial charge is 0.0563 e. The summed E-state index contributed by atoms with van der Waals surface area (Å²) in [4.78, 5) is 9.66. The van der Waals surface area contributed by atoms with E-state index in [0.29, 0.717) is 0 Å². The first-order chi connectivity index (χ1) is 39.6. The van der Waals surface area contributed by atoms with E-state index in [1.165, 1.54) is 39.0 Å². The van der Waals surface area contributed by atoms with E-state index in [2.05, 4.69) is 342 Å². The summed E-state index contributed by atoms with van der Waals surface area (Å²) in [6, 6.07) is 110. The zero-order valence-electron chi connectivity index (χ0n) is 45.6. The van der Waals surface area contributed by atoms with Crippen molar-refractivity contribution in [3.05, 3.63) is 338 Å². The van der Waals surface area contributed by atoms with E-state index in [0.717, 1.165) is 69.0 Å². The van der Waals surface area contributed by atoms with Gasteiger partial charge in [-0.1, -0.05) is 196 Å². The topological polar surface area (TPSA) is 13.0 Å². The molecule has 0 saturated heterocycles. The van der Waals surface area contributed by atoms with Crippen molar-refractivity contribution in [1.29, 1.82) is 0 Å². The van der Waals surface area contributed by atoms with Crippen LogP contribution in [0.1, 0.15) is 43.9 Å². The number of allylic oxidation sites excluding steroid dienone is 2. The number of hydrogen-bond donors (Lipinski definition) is 0. The second-order valence-electron chi connectivity index (χ2n) is 20.2. The van der Waals surface area contributed by atoms with Crippen LogP contribution >= 0.6 is 0 Å². The molecule has 80 heavy (non-hydrogen) atoms. The fraction of sp³-hybridized carbons (Fsp3) is 0.0789. The molecule has 4 heteroatoms. The summed E-state index contributed by atoms with van der Waals surface area (Å²) in [6.07, 6.45) is 5.93. The molecule has 0 bridgehead atoms. The largest absolute Gasteiger partial charge is 0.334 e. The first-order valence-corrected chi connectivity index (χ1v) is 28.0. The predicted octanol–water partition coefficient (Wildman–Crippen LogP) is 21.0. The second-order valence-corrected chi connectivity index (χ2v) is 20.2. The minimum Gasteiger partial charge on any atom is -0.334 e. The SMILES string of the molecule is CC.CC1(C2=C[C@@H](N(c3ccccc3)c3ccccc3)CC=C2c2ccc(N(c3ccccc3)c3ccccc3)cc2)c2cc(N(c3ccccc3)c3ccccc3)ccc2-c2ccc(N(c3ccccc3)c3ccccc3)cc21. The molecule has 4 nitrogen and oxygen atoms in total. The molecule has 11 aromatic carbocycles. The number of para-hydroxylation sites is 8. The quantitative estimate of drug-likeness (QED) is 0.108. The van der Waals surface area contributed by atoms with E-state index in [4.69, 9.17) is 0 Å². The van der Waals surface area contributed by atoms with Crippen LogP contribution in [0.15, 0.2) is 321 Å². The molecular formula is C76H64N4. The van der Waals surface area contributed by atoms with E-state index >= 15 is 0 Å². The number of rotatable bonds is 14. The highest BCUT2D eigenvalue weighted by atomic mass is 15.2. The van der Waals surface area contributed by atoms with E-state index in [9.17, 15) is 0 Å². The molecule has 0 saturated carbocycles. The maximum atomic E-state index is 2.61. The number of anilines is 11. The molecule has 2 aliphatic rings. The van der Waals surface area contributed by atoms with Crippen molar-refractivity contribution >= 4 is 68.1 Å². The zero-order valence-corrected chi connectivity index (χ0v) is 45.6. The van der Waals surface area contributed by atoms with Crippen molar-refractivity contribution in [2.45, 2.75) is 38.6 Å². The van der Waals surface area contributed by atoms with Gasteiger partial charge in [-0.3, -0.25) is 0 Å². The third-order valence-corrected chi connectivity index (χ3v) is 15.6. The maximum absolute atomic E-state index is 2.61. The molecule has 11 aromatic rings. The predicted molar refractivity (Wildman–Crippen MR) is 340 cm³/mol. The summed E-state index contributed by atoms with van der Waals surface area (Å²) in [5, 5.41) is 0. The van der Waals surface area contributed by atoms with E-state index in [-0.39, 0.29) is 6.04 Å². The third-order valence-electron chi connectivity index (χ3n) is 15.6. The van der Waals surface area contributed by atoms with Crippen molar-refractivity contribution in [1.82, 2.24) is 0 Å². The molecule has 1 atom stereocenters. The van der Waals surface area contributed by atoms with Gasteiger partial charge in [-0.15, -0.1) is 0 Å². The summed E-state index contributed by atoms with van der Waals surface area (Å²) in [7, 11) is 0. The molecule has 2 aliphatic carbocycles. The van der Waals surface area contributed by atoms with Crippen molar-refractivity contribution in [2.75, 3.05) is 19.6 Å². The Bertz CT molecular complexity index is 3580. The molecule has 0 N–H and O–H groups in total. The van der Waals surface area contributed by atoms with Crippen LogP contribution in [0.2, 0.25) is 0 Å². The van der Waals surface area contributed by atoms with Crippen molar-refractivity contribution in [3.63, 3.8) is 0 Å². The van der Waals surface area contributed by atoms with E-state index in [1.54, 1.807) is 0 Å². The first kappa shape index (κ1) is 50.9. The van der Waals surface area contributed by atoms with Gasteiger partial charge in [-0.25, -0.2) is 0 Å². The fourth-order valence-electron chi connectivity index (χ4n) is 12.0. The highest BCUT2D eigenvalue weighted by Crippen LogP contribution is 2.59. The zero-order chi connectivity index (χ0) is 54.3. The van der Waals surface area contributed by atoms with Gasteiger partial charge in [0.25, 0.3) is 0 Å². The molecule has 0 radical (unpaired) electrons. The average Bonchev–Trinajstić information content (AvgIpc) is 3.95. The molecule has 0 fully saturated rings. The lowest BCUT2D eigenvalue weighted by molar-refractivity contribution is 0.685. The Hall–Kier alpha value is -9.90. The molecule has 0 aliphatic heterocycles. The number of hydrogen-bond acceptors (Lipinski definition) is 4. The number of benzene rings is 11. The monoisotopic (exact) mass is 1030 g/mol. The molecule has 388 valence electrons. The van der Waals surface area contributed by atoms with Crippen LogP contribution in [-0.4, -0.2) is 6.04 Å². The third kappa shape index (κ3) is 9.78. The van der Waals surface area contributed by atoms with Gasteiger partial charge in [0.15, 0.2) is 0 Å². The lowest BCUT2D eigenvalue weighted by Gasteiger charge is -2.40. The summed E-state index contributed by atoms with van der Waals surface area (Å²) in [5.41, 5.74) is 20.2. The standard InChI is InChI=1S/C74H58N4.C2H6/c1-74(71-52-65(76(58-30-14-4-15-31-58)59-32-16-5-17-33-59)46-49-68(71)55-42-44-64(45-43-55)75(56-26-10-2-11-27-56)57-28-12-3-13-29-57)72-53-66(77(60-34-18-6-19-35-60)61-36-20-7-21-37-61)47-50-69(72)70-51-48-67(54-73(70)74)78(62-38-22-8-23-39-62)63-40-24-9-25-41-63;1-2/h2-45,47-54,65H,46H2,1H3;1-2H3/t65-;/m0./s1. The van der Waals surface area contributed by atoms with Gasteiger partial charge in [0.2, 0.25) is 0 Å². The Kier molecular flexibility index (Phi) is 14.6. The first-order valence-electron chi connectivity index (χ1n) is 28.0. The average molecular weight is 1030 g/mol. The Morgan fingerprint density at radius 1 is 0.312 bits per heavy atom. The van der Waals surface area contributed by atoms with Gasteiger partial charge in [0.1, 0.15) is 0 Å². The lowest BCUT2D eigenvalue weighted by atomic mass is 9.67. The molecule has 0 spiro atoms. The van der Waals surface area contributed by atoms with Crippen LogP contribution in [-0.2, 0) is 5.41 Å². The lowest BCUT2D eigenvalue weighted by Crippen LogP contribution is -2.34. The summed E-state index contributed by atoms with van der Waals surface area (Å²) >= 11 is 0. The van der Waals surface area contributed by atoms with Crippen molar-refractivity contribution in [3.8, 4) is 11.1 Å². The summed E-state index contributed by atoms with van der Waals surface area (Å²) in [6.45, 7) is 6.49. The molecule has 0 heterocycles. The van der Waals surface area contributed by atoms with Crippen LogP contribution in [0.25, 0.3) is 16.7 Å². The van der Waals surface area contributed by atoms with Crippen LogP contribution in [0.5, 0.6) is 0 Å². The summed E-state index contributed by atoms with van der Waals surface area (Å²) in [5.74, 6) is 0. The number of nitrogens with zero attached hydrogens (tertiary/aromatic N) is 4. The molecule has 0 aromatic heterocycles. The van der Waals surface area contributed by atoms with E-state index in [1.807, 2.05) is 13.8 Å². The van der Waals surface area contributed by atoms with Gasteiger partial charge >= 0.3 is 0 Å². The van der Waals surface area contributed by atoms with Crippen LogP contribution in [0.3, 0.4) is 0 Å². The van der Waals surface area contributed by atoms with Gasteiger partial charge in [0.05, 0.1) is 6.04 Å². The minimum absolute atomic E-state index is 0.0227. The van der Waals surface area contributed by atoms with Crippen molar-refractivity contribution < 1.29 is 0 Å². The van der Waals surface area contributed by atoms with Crippen LogP contribution in [0, 0.1) is 0 Å². The Labute approximate surface area is 472 Å². The Balaban J connectivity index is 0.00000315. The fourth-order valence-corrected chi connectivity index (χ4v) is 12.0. The minimum atomic E-state index is -0.670. The molecule has 0 amide bonds. The van der Waals surface area contributed by atoms with Gasteiger partial charge in [-0.2, -0.15) is 0 Å². The highest BCUT2D eigenvalue weighted by Gasteiger charge is 2.46. The summed E-state index contributed by atoms with van der Waals surface area (Å²) < 4.78 is 0. The van der Waals surface area contributed by atoms with Gasteiger partial charge < -0.3 is 19.6 Å². The maximum Gasteiger partial charge on any atom is 0.0563 e. The molecular weight excluding hydrogens is 969 g/mol. The Morgan fingerprint density at radius 3 is 0.912 bits per heavy atom. The van der Waals surface area contributed by atoms with E-state index < -0.39 is 5.41 Å². The van der Waals surface area contributed by atoms with Crippen LogP contribution < -0.4 is 19.6 Å². The van der Waals surface area contributed by atoms with Gasteiger partial charge in [0, 0.05) is 68.0 Å². The molecule has 13 rings (SSSR count). The highest BCUT2D eigenvalue weighted by molar-refractivity contribution is 5.95. The normalized spacial score (nSPS) is 13.8. The Morgan fingerprint density at radius 2 is 0.588 bits per heavy atom. The van der Waals surface area contributed by atoms with Crippen LogP contribution in [0.4, 0.5) is 62.6 Å². The van der Waals surface area contributed by atoms with Gasteiger partial charge in [-0.05, 0) is 186 Å².